The molecule has 82 valence electrons. The molecule has 0 saturated carbocycles. The number of oxime groups is 1. The normalized spacial score (nSPS) is 16.1. The van der Waals surface area contributed by atoms with Crippen LogP contribution in [0.4, 0.5) is 0 Å². The summed E-state index contributed by atoms with van der Waals surface area (Å²) in [5.41, 5.74) is 5.28. The third kappa shape index (κ3) is 4.66. The van der Waals surface area contributed by atoms with Gasteiger partial charge in [-0.05, 0) is 13.8 Å². The SMILES string of the molecule is COC(C)C(=O)NC(C)CC(N)=NO. The summed E-state index contributed by atoms with van der Waals surface area (Å²) >= 11 is 0. The van der Waals surface area contributed by atoms with Crippen LogP contribution in [0.1, 0.15) is 20.3 Å². The minimum Gasteiger partial charge on any atom is -0.409 e. The van der Waals surface area contributed by atoms with Gasteiger partial charge in [0.2, 0.25) is 5.91 Å². The molecule has 0 aliphatic carbocycles. The maximum Gasteiger partial charge on any atom is 0.249 e. The predicted molar refractivity (Wildman–Crippen MR) is 52.1 cm³/mol. The van der Waals surface area contributed by atoms with Crippen LogP contribution in [0.25, 0.3) is 0 Å². The van der Waals surface area contributed by atoms with E-state index in [0.29, 0.717) is 6.42 Å². The molecule has 0 rings (SSSR count). The summed E-state index contributed by atoms with van der Waals surface area (Å²) in [4.78, 5) is 11.3. The third-order valence-corrected chi connectivity index (χ3v) is 1.76. The van der Waals surface area contributed by atoms with Crippen LogP contribution in [0.2, 0.25) is 0 Å². The summed E-state index contributed by atoms with van der Waals surface area (Å²) in [7, 11) is 1.46. The highest BCUT2D eigenvalue weighted by Crippen LogP contribution is 1.94. The topological polar surface area (TPSA) is 96.9 Å². The molecule has 0 heterocycles. The van der Waals surface area contributed by atoms with Crippen LogP contribution >= 0.6 is 0 Å². The second-order valence-electron chi connectivity index (χ2n) is 3.08. The number of rotatable bonds is 5. The Kier molecular flexibility index (Phi) is 5.62. The van der Waals surface area contributed by atoms with Gasteiger partial charge in [0, 0.05) is 19.6 Å². The summed E-state index contributed by atoms with van der Waals surface area (Å²) in [6.07, 6.45) is -0.191. The molecule has 4 N–H and O–H groups in total. The van der Waals surface area contributed by atoms with Crippen molar-refractivity contribution in [2.75, 3.05) is 7.11 Å². The smallest absolute Gasteiger partial charge is 0.249 e. The van der Waals surface area contributed by atoms with E-state index >= 15 is 0 Å². The van der Waals surface area contributed by atoms with Gasteiger partial charge in [0.05, 0.1) is 0 Å². The Morgan fingerprint density at radius 3 is 2.64 bits per heavy atom. The minimum absolute atomic E-state index is 0.0860. The van der Waals surface area contributed by atoms with Crippen molar-refractivity contribution >= 4 is 11.7 Å². The highest BCUT2D eigenvalue weighted by Gasteiger charge is 2.14. The summed E-state index contributed by atoms with van der Waals surface area (Å²) in [5.74, 6) is -0.131. The molecule has 14 heavy (non-hydrogen) atoms. The Hall–Kier alpha value is -1.30. The number of nitrogens with one attached hydrogen (secondary N) is 1. The molecule has 0 aromatic rings. The molecule has 0 radical (unpaired) electrons. The lowest BCUT2D eigenvalue weighted by Gasteiger charge is -2.15. The first-order valence-corrected chi connectivity index (χ1v) is 4.30. The van der Waals surface area contributed by atoms with E-state index < -0.39 is 6.10 Å². The van der Waals surface area contributed by atoms with Crippen LogP contribution in [0, 0.1) is 0 Å². The van der Waals surface area contributed by atoms with E-state index in [4.69, 9.17) is 15.7 Å². The molecule has 0 spiro atoms. The van der Waals surface area contributed by atoms with Crippen LogP contribution in [0.5, 0.6) is 0 Å². The van der Waals surface area contributed by atoms with Gasteiger partial charge in [-0.2, -0.15) is 0 Å². The van der Waals surface area contributed by atoms with Crippen molar-refractivity contribution in [3.05, 3.63) is 0 Å². The molecule has 6 nitrogen and oxygen atoms in total. The molecular weight excluding hydrogens is 186 g/mol. The number of nitrogens with two attached hydrogens (primary N) is 1. The number of nitrogens with zero attached hydrogens (tertiary/aromatic N) is 1. The number of amidine groups is 1. The zero-order valence-electron chi connectivity index (χ0n) is 8.65. The van der Waals surface area contributed by atoms with E-state index in [1.54, 1.807) is 13.8 Å². The molecule has 0 saturated heterocycles. The number of methoxy groups -OCH3 is 1. The summed E-state index contributed by atoms with van der Waals surface area (Å²) in [5, 5.41) is 13.8. The molecule has 0 aliphatic heterocycles. The first kappa shape index (κ1) is 12.7. The van der Waals surface area contributed by atoms with Gasteiger partial charge in [0.25, 0.3) is 0 Å². The molecular formula is C8H17N3O3. The molecule has 0 aromatic carbocycles. The molecule has 0 bridgehead atoms. The number of amides is 1. The van der Waals surface area contributed by atoms with Crippen molar-refractivity contribution in [3.8, 4) is 0 Å². The zero-order chi connectivity index (χ0) is 11.1. The minimum atomic E-state index is -0.496. The van der Waals surface area contributed by atoms with E-state index in [1.165, 1.54) is 7.11 Å². The van der Waals surface area contributed by atoms with Gasteiger partial charge in [-0.3, -0.25) is 4.79 Å². The lowest BCUT2D eigenvalue weighted by molar-refractivity contribution is -0.130. The average Bonchev–Trinajstić information content (AvgIpc) is 2.15. The van der Waals surface area contributed by atoms with Crippen LogP contribution in [-0.2, 0) is 9.53 Å². The first-order valence-electron chi connectivity index (χ1n) is 4.30. The van der Waals surface area contributed by atoms with Gasteiger partial charge in [-0.25, -0.2) is 0 Å². The number of hydrogen-bond donors (Lipinski definition) is 3. The van der Waals surface area contributed by atoms with E-state index in [-0.39, 0.29) is 17.8 Å². The van der Waals surface area contributed by atoms with E-state index in [9.17, 15) is 4.79 Å². The van der Waals surface area contributed by atoms with Crippen LogP contribution in [0.3, 0.4) is 0 Å². The van der Waals surface area contributed by atoms with Crippen molar-refractivity contribution in [1.29, 1.82) is 0 Å². The number of carbonyl (C=O) groups excluding carboxylic acids is 1. The average molecular weight is 203 g/mol. The van der Waals surface area contributed by atoms with E-state index in [1.807, 2.05) is 0 Å². The number of ether oxygens (including phenoxy) is 1. The van der Waals surface area contributed by atoms with Crippen molar-refractivity contribution in [1.82, 2.24) is 5.32 Å². The zero-order valence-corrected chi connectivity index (χ0v) is 8.65. The maximum absolute atomic E-state index is 11.3. The quantitative estimate of drug-likeness (QED) is 0.246. The van der Waals surface area contributed by atoms with Crippen LogP contribution in [0.15, 0.2) is 5.16 Å². The van der Waals surface area contributed by atoms with Crippen molar-refractivity contribution in [2.24, 2.45) is 10.9 Å². The lowest BCUT2D eigenvalue weighted by atomic mass is 10.2. The maximum atomic E-state index is 11.3. The third-order valence-electron chi connectivity index (χ3n) is 1.76. The number of carbonyl (C=O) groups is 1. The second kappa shape index (κ2) is 6.20. The summed E-state index contributed by atoms with van der Waals surface area (Å²) in [6.45, 7) is 3.41. The van der Waals surface area contributed by atoms with Gasteiger partial charge in [-0.15, -0.1) is 0 Å². The predicted octanol–water partition coefficient (Wildman–Crippen LogP) is -0.337. The molecule has 2 atom stereocenters. The van der Waals surface area contributed by atoms with Gasteiger partial charge < -0.3 is 21.0 Å². The second-order valence-corrected chi connectivity index (χ2v) is 3.08. The fourth-order valence-electron chi connectivity index (χ4n) is 0.873. The van der Waals surface area contributed by atoms with Crippen molar-refractivity contribution in [2.45, 2.75) is 32.4 Å². The molecule has 1 amide bonds. The molecule has 6 heteroatoms. The Bertz CT molecular complexity index is 218. The van der Waals surface area contributed by atoms with E-state index in [0.717, 1.165) is 0 Å². The van der Waals surface area contributed by atoms with Crippen molar-refractivity contribution < 1.29 is 14.7 Å². The molecule has 2 unspecified atom stereocenters. The molecule has 0 aliphatic rings. The highest BCUT2D eigenvalue weighted by atomic mass is 16.5. The number of hydrogen-bond acceptors (Lipinski definition) is 4. The summed E-state index contributed by atoms with van der Waals surface area (Å²) < 4.78 is 4.82. The van der Waals surface area contributed by atoms with Gasteiger partial charge >= 0.3 is 0 Å². The Morgan fingerprint density at radius 1 is 1.64 bits per heavy atom. The van der Waals surface area contributed by atoms with Gasteiger partial charge in [0.1, 0.15) is 11.9 Å². The van der Waals surface area contributed by atoms with Crippen LogP contribution < -0.4 is 11.1 Å². The highest BCUT2D eigenvalue weighted by molar-refractivity contribution is 5.83. The Labute approximate surface area is 83.1 Å². The van der Waals surface area contributed by atoms with Gasteiger partial charge in [0.15, 0.2) is 0 Å². The van der Waals surface area contributed by atoms with E-state index in [2.05, 4.69) is 10.5 Å². The van der Waals surface area contributed by atoms with Crippen LogP contribution in [-0.4, -0.2) is 36.2 Å². The van der Waals surface area contributed by atoms with Crippen molar-refractivity contribution in [3.63, 3.8) is 0 Å². The first-order chi connectivity index (χ1) is 6.51. The summed E-state index contributed by atoms with van der Waals surface area (Å²) in [6, 6.07) is -0.184. The molecule has 0 fully saturated rings. The Balaban J connectivity index is 3.94. The van der Waals surface area contributed by atoms with Gasteiger partial charge in [-0.1, -0.05) is 5.16 Å². The fraction of sp³-hybridized carbons (Fsp3) is 0.750. The molecule has 0 aromatic heterocycles. The standard InChI is InChI=1S/C8H17N3O3/c1-5(4-7(9)11-13)10-8(12)6(2)14-3/h5-6,13H,4H2,1-3H3,(H2,9,11)(H,10,12). The largest absolute Gasteiger partial charge is 0.409 e. The lowest BCUT2D eigenvalue weighted by Crippen LogP contribution is -2.41. The fourth-order valence-corrected chi connectivity index (χ4v) is 0.873. The Morgan fingerprint density at radius 2 is 2.21 bits per heavy atom. The monoisotopic (exact) mass is 203 g/mol.